The van der Waals surface area contributed by atoms with E-state index < -0.39 is 39.2 Å². The zero-order valence-electron chi connectivity index (χ0n) is 19.6. The van der Waals surface area contributed by atoms with Gasteiger partial charge in [0.1, 0.15) is 5.82 Å². The lowest BCUT2D eigenvalue weighted by atomic mass is 9.85. The summed E-state index contributed by atoms with van der Waals surface area (Å²) in [6.07, 6.45) is -3.76. The summed E-state index contributed by atoms with van der Waals surface area (Å²) in [5.74, 6) is -0.985. The van der Waals surface area contributed by atoms with Gasteiger partial charge in [0, 0.05) is 44.5 Å². The van der Waals surface area contributed by atoms with Crippen LogP contribution in [0.15, 0.2) is 47.4 Å². The van der Waals surface area contributed by atoms with Gasteiger partial charge in [0.15, 0.2) is 0 Å². The van der Waals surface area contributed by atoms with Crippen LogP contribution < -0.4 is 4.90 Å². The summed E-state index contributed by atoms with van der Waals surface area (Å²) < 4.78 is 82.2. The van der Waals surface area contributed by atoms with Gasteiger partial charge in [-0.15, -0.1) is 0 Å². The molecule has 0 bridgehead atoms. The molecule has 0 saturated carbocycles. The van der Waals surface area contributed by atoms with Crippen LogP contribution in [-0.4, -0.2) is 68.5 Å². The van der Waals surface area contributed by atoms with Crippen LogP contribution in [-0.2, 0) is 21.8 Å². The summed E-state index contributed by atoms with van der Waals surface area (Å²) >= 11 is 0. The summed E-state index contributed by atoms with van der Waals surface area (Å²) in [7, 11) is -1.99. The second-order valence-electron chi connectivity index (χ2n) is 9.43. The topological polar surface area (TPSA) is 64.1 Å². The van der Waals surface area contributed by atoms with Crippen molar-refractivity contribution in [3.05, 3.63) is 59.4 Å². The van der Waals surface area contributed by atoms with Crippen molar-refractivity contribution in [2.45, 2.75) is 42.5 Å². The van der Waals surface area contributed by atoms with Gasteiger partial charge in [-0.3, -0.25) is 0 Å². The molecule has 0 radical (unpaired) electrons. The number of hydrogen-bond acceptors (Lipinski definition) is 5. The van der Waals surface area contributed by atoms with Crippen LogP contribution in [0.4, 0.5) is 23.2 Å². The lowest BCUT2D eigenvalue weighted by molar-refractivity contribution is -0.137. The molecule has 1 N–H and O–H groups in total. The maximum atomic E-state index is 13.5. The zero-order valence-corrected chi connectivity index (χ0v) is 20.4. The van der Waals surface area contributed by atoms with Crippen molar-refractivity contribution >= 4 is 15.7 Å². The Balaban J connectivity index is 1.56. The number of alkyl halides is 3. The third-order valence-corrected chi connectivity index (χ3v) is 8.97. The Bertz CT molecular complexity index is 1180. The van der Waals surface area contributed by atoms with Gasteiger partial charge < -0.3 is 14.9 Å². The van der Waals surface area contributed by atoms with Crippen LogP contribution in [0.3, 0.4) is 0 Å². The monoisotopic (exact) mass is 515 g/mol. The minimum absolute atomic E-state index is 0.0178. The van der Waals surface area contributed by atoms with Gasteiger partial charge in [-0.1, -0.05) is 12.1 Å². The standard InChI is InChI=1S/C24H29F4N3O3S/c1-17-16-30(22-7-6-19(25)15-21(22)24(26,27)28)12-13-31(17)35(33,34)20-5-3-4-18(14-20)23(32)8-10-29(2)11-9-23/h3-7,14-15,17,32H,8-13,16H2,1-2H3/t17-/m1/s1. The molecule has 4 rings (SSSR count). The third kappa shape index (κ3) is 5.18. The number of benzene rings is 2. The second kappa shape index (κ2) is 9.34. The Labute approximate surface area is 202 Å². The van der Waals surface area contributed by atoms with E-state index in [1.807, 2.05) is 7.05 Å². The minimum Gasteiger partial charge on any atom is -0.385 e. The molecule has 11 heteroatoms. The molecule has 1 atom stereocenters. The number of anilines is 1. The lowest BCUT2D eigenvalue weighted by Gasteiger charge is -2.41. The SMILES string of the molecule is C[C@@H]1CN(c2ccc(F)cc2C(F)(F)F)CCN1S(=O)(=O)c1cccc(C2(O)CCN(C)CC2)c1. The maximum absolute atomic E-state index is 13.5. The number of halogens is 4. The van der Waals surface area contributed by atoms with E-state index in [1.165, 1.54) is 21.3 Å². The summed E-state index contributed by atoms with van der Waals surface area (Å²) in [4.78, 5) is 3.58. The van der Waals surface area contributed by atoms with Gasteiger partial charge in [-0.2, -0.15) is 17.5 Å². The first-order chi connectivity index (χ1) is 16.3. The molecule has 0 aliphatic carbocycles. The number of hydrogen-bond donors (Lipinski definition) is 1. The molecule has 2 heterocycles. The molecule has 2 aliphatic rings. The first kappa shape index (κ1) is 25.9. The Hall–Kier alpha value is -2.21. The summed E-state index contributed by atoms with van der Waals surface area (Å²) in [6, 6.07) is 8.18. The van der Waals surface area contributed by atoms with Gasteiger partial charge in [0.25, 0.3) is 0 Å². The van der Waals surface area contributed by atoms with E-state index in [1.54, 1.807) is 19.1 Å². The first-order valence-corrected chi connectivity index (χ1v) is 12.9. The van der Waals surface area contributed by atoms with Crippen LogP contribution in [0.1, 0.15) is 30.9 Å². The first-order valence-electron chi connectivity index (χ1n) is 11.5. The van der Waals surface area contributed by atoms with E-state index in [4.69, 9.17) is 0 Å². The summed E-state index contributed by atoms with van der Waals surface area (Å²) in [5, 5.41) is 11.1. The molecule has 6 nitrogen and oxygen atoms in total. The van der Waals surface area contributed by atoms with Crippen molar-refractivity contribution in [2.75, 3.05) is 44.7 Å². The number of nitrogens with zero attached hydrogens (tertiary/aromatic N) is 3. The van der Waals surface area contributed by atoms with E-state index in [0.29, 0.717) is 37.6 Å². The Morgan fingerprint density at radius 3 is 2.34 bits per heavy atom. The largest absolute Gasteiger partial charge is 0.418 e. The third-order valence-electron chi connectivity index (χ3n) is 6.96. The number of piperidine rings is 1. The average molecular weight is 516 g/mol. The molecular weight excluding hydrogens is 486 g/mol. The fraction of sp³-hybridized carbons (Fsp3) is 0.500. The van der Waals surface area contributed by atoms with Gasteiger partial charge in [-0.05, 0) is 62.7 Å². The molecular formula is C24H29F4N3O3S. The Kier molecular flexibility index (Phi) is 6.91. The van der Waals surface area contributed by atoms with E-state index >= 15 is 0 Å². The van der Waals surface area contributed by atoms with Crippen LogP contribution in [0.5, 0.6) is 0 Å². The fourth-order valence-corrected chi connectivity index (χ4v) is 6.55. The summed E-state index contributed by atoms with van der Waals surface area (Å²) in [5.41, 5.74) is -1.83. The Morgan fingerprint density at radius 2 is 1.71 bits per heavy atom. The predicted molar refractivity (Wildman–Crippen MR) is 124 cm³/mol. The number of sulfonamides is 1. The van der Waals surface area contributed by atoms with Crippen LogP contribution in [0.25, 0.3) is 0 Å². The maximum Gasteiger partial charge on any atom is 0.418 e. The summed E-state index contributed by atoms with van der Waals surface area (Å²) in [6.45, 7) is 3.02. The normalized spacial score (nSPS) is 22.4. The molecule has 0 spiro atoms. The average Bonchev–Trinajstić information content (AvgIpc) is 2.80. The van der Waals surface area contributed by atoms with Crippen molar-refractivity contribution in [3.8, 4) is 0 Å². The van der Waals surface area contributed by atoms with Crippen molar-refractivity contribution in [1.29, 1.82) is 0 Å². The molecule has 0 amide bonds. The number of likely N-dealkylation sites (tertiary alicyclic amines) is 1. The highest BCUT2D eigenvalue weighted by Crippen LogP contribution is 2.38. The Morgan fingerprint density at radius 1 is 1.03 bits per heavy atom. The van der Waals surface area contributed by atoms with Crippen molar-refractivity contribution in [2.24, 2.45) is 0 Å². The number of rotatable bonds is 4. The molecule has 2 aromatic rings. The highest BCUT2D eigenvalue weighted by molar-refractivity contribution is 7.89. The lowest BCUT2D eigenvalue weighted by Crippen LogP contribution is -2.54. The smallest absolute Gasteiger partial charge is 0.385 e. The van der Waals surface area contributed by atoms with Gasteiger partial charge in [0.2, 0.25) is 10.0 Å². The molecule has 192 valence electrons. The molecule has 0 unspecified atom stereocenters. The van der Waals surface area contributed by atoms with Crippen LogP contribution in [0, 0.1) is 5.82 Å². The van der Waals surface area contributed by atoms with Gasteiger partial charge >= 0.3 is 6.18 Å². The number of piperazine rings is 1. The van der Waals surface area contributed by atoms with E-state index in [0.717, 1.165) is 12.1 Å². The predicted octanol–water partition coefficient (Wildman–Crippen LogP) is 3.66. The van der Waals surface area contributed by atoms with E-state index in [2.05, 4.69) is 4.90 Å². The van der Waals surface area contributed by atoms with E-state index in [9.17, 15) is 31.1 Å². The highest BCUT2D eigenvalue weighted by Gasteiger charge is 2.40. The molecule has 35 heavy (non-hydrogen) atoms. The van der Waals surface area contributed by atoms with Gasteiger partial charge in [0.05, 0.1) is 16.1 Å². The quantitative estimate of drug-likeness (QED) is 0.630. The van der Waals surface area contributed by atoms with Gasteiger partial charge in [-0.25, -0.2) is 12.8 Å². The second-order valence-corrected chi connectivity index (χ2v) is 11.3. The fourth-order valence-electron chi connectivity index (χ4n) is 4.89. The molecule has 2 fully saturated rings. The highest BCUT2D eigenvalue weighted by atomic mass is 32.2. The zero-order chi connectivity index (χ0) is 25.6. The van der Waals surface area contributed by atoms with Crippen LogP contribution in [0.2, 0.25) is 0 Å². The van der Waals surface area contributed by atoms with E-state index in [-0.39, 0.29) is 30.2 Å². The van der Waals surface area contributed by atoms with Crippen molar-refractivity contribution in [3.63, 3.8) is 0 Å². The van der Waals surface area contributed by atoms with Crippen LogP contribution >= 0.6 is 0 Å². The van der Waals surface area contributed by atoms with Crippen molar-refractivity contribution < 1.29 is 31.1 Å². The molecule has 2 saturated heterocycles. The molecule has 2 aromatic carbocycles. The molecule has 2 aliphatic heterocycles. The van der Waals surface area contributed by atoms with Crippen molar-refractivity contribution in [1.82, 2.24) is 9.21 Å². The molecule has 0 aromatic heterocycles. The minimum atomic E-state index is -4.74. The number of aliphatic hydroxyl groups is 1.